The largest absolute Gasteiger partial charge is 0.397 e. The molecule has 6 N–H and O–H groups in total. The molecule has 0 saturated carbocycles. The fourth-order valence-electron chi connectivity index (χ4n) is 3.08. The first-order chi connectivity index (χ1) is 14.7. The summed E-state index contributed by atoms with van der Waals surface area (Å²) in [5, 5.41) is 6.68. The van der Waals surface area contributed by atoms with Gasteiger partial charge in [-0.05, 0) is 59.7 Å². The summed E-state index contributed by atoms with van der Waals surface area (Å²) >= 11 is 0. The van der Waals surface area contributed by atoms with Crippen molar-refractivity contribution in [2.45, 2.75) is 0 Å². The summed E-state index contributed by atoms with van der Waals surface area (Å²) < 4.78 is 0. The standard InChI is InChI=1S/C26H24N4/c27-23-5-1-3-7-25(23)29-21-15-11-19(12-16-21)9-10-20-13-17-22(18-14-20)30-26-8-4-2-6-24(26)28/h1-18,29-30H,27-28H2/b10-9+. The molecule has 0 fully saturated rings. The molecular formula is C26H24N4. The molecule has 0 aromatic heterocycles. The Balaban J connectivity index is 1.39. The van der Waals surface area contributed by atoms with Crippen molar-refractivity contribution in [3.63, 3.8) is 0 Å². The summed E-state index contributed by atoms with van der Waals surface area (Å²) in [6.45, 7) is 0. The highest BCUT2D eigenvalue weighted by molar-refractivity contribution is 5.76. The molecule has 0 aliphatic heterocycles. The van der Waals surface area contributed by atoms with Gasteiger partial charge in [-0.15, -0.1) is 0 Å². The number of nitrogen functional groups attached to an aromatic ring is 2. The van der Waals surface area contributed by atoms with E-state index in [1.54, 1.807) is 0 Å². The quantitative estimate of drug-likeness (QED) is 0.223. The molecule has 0 heterocycles. The Morgan fingerprint density at radius 2 is 0.833 bits per heavy atom. The normalized spacial score (nSPS) is 10.8. The molecule has 0 aliphatic carbocycles. The minimum Gasteiger partial charge on any atom is -0.397 e. The molecule has 30 heavy (non-hydrogen) atoms. The number of nitrogens with two attached hydrogens (primary N) is 2. The van der Waals surface area contributed by atoms with Crippen LogP contribution >= 0.6 is 0 Å². The molecule has 0 radical (unpaired) electrons. The Bertz CT molecular complexity index is 1050. The summed E-state index contributed by atoms with van der Waals surface area (Å²) in [7, 11) is 0. The van der Waals surface area contributed by atoms with E-state index in [1.807, 2.05) is 72.8 Å². The van der Waals surface area contributed by atoms with Crippen molar-refractivity contribution in [3.8, 4) is 0 Å². The highest BCUT2D eigenvalue weighted by Gasteiger charge is 2.00. The second-order valence-electron chi connectivity index (χ2n) is 7.00. The second-order valence-corrected chi connectivity index (χ2v) is 7.00. The van der Waals surface area contributed by atoms with Crippen LogP contribution in [0.15, 0.2) is 97.1 Å². The summed E-state index contributed by atoms with van der Waals surface area (Å²) in [5.41, 5.74) is 19.5. The van der Waals surface area contributed by atoms with Crippen LogP contribution in [0.4, 0.5) is 34.1 Å². The number of para-hydroxylation sites is 4. The van der Waals surface area contributed by atoms with Crippen molar-refractivity contribution < 1.29 is 0 Å². The second kappa shape index (κ2) is 8.88. The minimum absolute atomic E-state index is 0.731. The van der Waals surface area contributed by atoms with E-state index in [0.717, 1.165) is 45.3 Å². The number of anilines is 6. The Morgan fingerprint density at radius 3 is 1.20 bits per heavy atom. The van der Waals surface area contributed by atoms with Crippen LogP contribution in [0.2, 0.25) is 0 Å². The minimum atomic E-state index is 0.731. The number of benzene rings is 4. The van der Waals surface area contributed by atoms with Crippen LogP contribution in [0.3, 0.4) is 0 Å². The molecule has 4 rings (SSSR count). The van der Waals surface area contributed by atoms with Gasteiger partial charge in [0.2, 0.25) is 0 Å². The van der Waals surface area contributed by atoms with Gasteiger partial charge in [-0.25, -0.2) is 0 Å². The van der Waals surface area contributed by atoms with Crippen molar-refractivity contribution in [1.29, 1.82) is 0 Å². The molecule has 0 unspecified atom stereocenters. The lowest BCUT2D eigenvalue weighted by molar-refractivity contribution is 1.53. The predicted molar refractivity (Wildman–Crippen MR) is 130 cm³/mol. The highest BCUT2D eigenvalue weighted by atomic mass is 14.9. The molecule has 0 spiro atoms. The summed E-state index contributed by atoms with van der Waals surface area (Å²) in [6.07, 6.45) is 4.19. The smallest absolute Gasteiger partial charge is 0.0617 e. The average molecular weight is 393 g/mol. The lowest BCUT2D eigenvalue weighted by Gasteiger charge is -2.09. The van der Waals surface area contributed by atoms with E-state index in [9.17, 15) is 0 Å². The van der Waals surface area contributed by atoms with Gasteiger partial charge in [-0.2, -0.15) is 0 Å². The number of hydrogen-bond donors (Lipinski definition) is 4. The summed E-state index contributed by atoms with van der Waals surface area (Å²) in [6, 6.07) is 32.0. The molecule has 4 heteroatoms. The summed E-state index contributed by atoms with van der Waals surface area (Å²) in [5.74, 6) is 0. The third-order valence-electron chi connectivity index (χ3n) is 4.77. The van der Waals surface area contributed by atoms with Gasteiger partial charge in [-0.1, -0.05) is 60.7 Å². The van der Waals surface area contributed by atoms with E-state index in [1.165, 1.54) is 0 Å². The van der Waals surface area contributed by atoms with Gasteiger partial charge in [0.05, 0.1) is 22.7 Å². The SMILES string of the molecule is Nc1ccccc1Nc1ccc(/C=C/c2ccc(Nc3ccccc3N)cc2)cc1. The Labute approximate surface area is 176 Å². The number of nitrogens with one attached hydrogen (secondary N) is 2. The first-order valence-electron chi connectivity index (χ1n) is 9.79. The first-order valence-corrected chi connectivity index (χ1v) is 9.79. The van der Waals surface area contributed by atoms with Gasteiger partial charge in [0.1, 0.15) is 0 Å². The predicted octanol–water partition coefficient (Wildman–Crippen LogP) is 6.51. The molecule has 148 valence electrons. The third kappa shape index (κ3) is 4.80. The van der Waals surface area contributed by atoms with Crippen LogP contribution in [0.5, 0.6) is 0 Å². The first kappa shape index (κ1) is 19.2. The van der Waals surface area contributed by atoms with Crippen molar-refractivity contribution in [1.82, 2.24) is 0 Å². The topological polar surface area (TPSA) is 76.1 Å². The van der Waals surface area contributed by atoms with Crippen molar-refractivity contribution in [3.05, 3.63) is 108 Å². The van der Waals surface area contributed by atoms with Gasteiger partial charge in [0, 0.05) is 11.4 Å². The van der Waals surface area contributed by atoms with Gasteiger partial charge < -0.3 is 22.1 Å². The maximum atomic E-state index is 5.99. The molecule has 0 atom stereocenters. The van der Waals surface area contributed by atoms with E-state index < -0.39 is 0 Å². The molecule has 4 aromatic rings. The molecule has 0 aliphatic rings. The van der Waals surface area contributed by atoms with E-state index in [0.29, 0.717) is 0 Å². The highest BCUT2D eigenvalue weighted by Crippen LogP contribution is 2.24. The Kier molecular flexibility index (Phi) is 5.67. The maximum absolute atomic E-state index is 5.99. The van der Waals surface area contributed by atoms with E-state index in [4.69, 9.17) is 11.5 Å². The molecule has 0 saturated heterocycles. The van der Waals surface area contributed by atoms with Gasteiger partial charge >= 0.3 is 0 Å². The zero-order valence-electron chi connectivity index (χ0n) is 16.5. The molecule has 0 amide bonds. The van der Waals surface area contributed by atoms with Crippen molar-refractivity contribution in [2.75, 3.05) is 22.1 Å². The van der Waals surface area contributed by atoms with Crippen LogP contribution in [0.1, 0.15) is 11.1 Å². The van der Waals surface area contributed by atoms with E-state index >= 15 is 0 Å². The fraction of sp³-hybridized carbons (Fsp3) is 0. The summed E-state index contributed by atoms with van der Waals surface area (Å²) in [4.78, 5) is 0. The Hall–Kier alpha value is -4.18. The number of rotatable bonds is 6. The molecule has 4 aromatic carbocycles. The monoisotopic (exact) mass is 392 g/mol. The van der Waals surface area contributed by atoms with Crippen LogP contribution < -0.4 is 22.1 Å². The van der Waals surface area contributed by atoms with Gasteiger partial charge in [-0.3, -0.25) is 0 Å². The Morgan fingerprint density at radius 1 is 0.467 bits per heavy atom. The van der Waals surface area contributed by atoms with Crippen LogP contribution in [-0.2, 0) is 0 Å². The van der Waals surface area contributed by atoms with Gasteiger partial charge in [0.25, 0.3) is 0 Å². The van der Waals surface area contributed by atoms with Crippen molar-refractivity contribution >= 4 is 46.3 Å². The lowest BCUT2D eigenvalue weighted by atomic mass is 10.1. The zero-order valence-corrected chi connectivity index (χ0v) is 16.5. The zero-order chi connectivity index (χ0) is 20.8. The maximum Gasteiger partial charge on any atom is 0.0617 e. The number of hydrogen-bond acceptors (Lipinski definition) is 4. The molecule has 0 bridgehead atoms. The van der Waals surface area contributed by atoms with Crippen molar-refractivity contribution in [2.24, 2.45) is 0 Å². The van der Waals surface area contributed by atoms with E-state index in [-0.39, 0.29) is 0 Å². The fourth-order valence-corrected chi connectivity index (χ4v) is 3.08. The average Bonchev–Trinajstić information content (AvgIpc) is 2.77. The van der Waals surface area contributed by atoms with Gasteiger partial charge in [0.15, 0.2) is 0 Å². The van der Waals surface area contributed by atoms with Crippen LogP contribution in [0, 0.1) is 0 Å². The van der Waals surface area contributed by atoms with E-state index in [2.05, 4.69) is 47.1 Å². The molecule has 4 nitrogen and oxygen atoms in total. The third-order valence-corrected chi connectivity index (χ3v) is 4.77. The molecular weight excluding hydrogens is 368 g/mol. The lowest BCUT2D eigenvalue weighted by Crippen LogP contribution is -1.95. The van der Waals surface area contributed by atoms with Crippen LogP contribution in [0.25, 0.3) is 12.2 Å². The van der Waals surface area contributed by atoms with Crippen LogP contribution in [-0.4, -0.2) is 0 Å².